The Kier molecular flexibility index (Phi) is 14.3. The predicted octanol–water partition coefficient (Wildman–Crippen LogP) is 3.40. The Morgan fingerprint density at radius 2 is 1.64 bits per heavy atom. The third kappa shape index (κ3) is 11.5. The Morgan fingerprint density at radius 1 is 0.940 bits per heavy atom. The summed E-state index contributed by atoms with van der Waals surface area (Å²) in [5, 5.41) is 0. The molecule has 1 aliphatic heterocycles. The SMILES string of the molecule is [2H]CC(=O)OCc1ccc(OP(=O)(OCCOCCOCCOC)OC2C(OC(=O)c3ccccc3)[C@H](n3ccc(=O)[nH]c3=O)O[C@@H]2CC)cc1. The lowest BCUT2D eigenvalue weighted by molar-refractivity contribution is -0.142. The summed E-state index contributed by atoms with van der Waals surface area (Å²) in [7, 11) is -3.05. The number of rotatable bonds is 20. The molecule has 0 saturated carbocycles. The van der Waals surface area contributed by atoms with Crippen molar-refractivity contribution in [3.63, 3.8) is 0 Å². The maximum absolute atomic E-state index is 14.4. The van der Waals surface area contributed by atoms with E-state index in [2.05, 4.69) is 4.98 Å². The van der Waals surface area contributed by atoms with Crippen molar-refractivity contribution in [2.24, 2.45) is 0 Å². The highest BCUT2D eigenvalue weighted by atomic mass is 31.2. The molecule has 0 spiro atoms. The van der Waals surface area contributed by atoms with Crippen molar-refractivity contribution in [2.75, 3.05) is 46.8 Å². The zero-order valence-electron chi connectivity index (χ0n) is 28.6. The monoisotopic (exact) mass is 721 g/mol. The van der Waals surface area contributed by atoms with Gasteiger partial charge in [-0.05, 0) is 36.2 Å². The number of nitrogens with zero attached hydrogens (tertiary/aromatic N) is 1. The average molecular weight is 722 g/mol. The summed E-state index contributed by atoms with van der Waals surface area (Å²) in [6, 6.07) is 15.2. The molecule has 0 bridgehead atoms. The molecule has 2 aromatic carbocycles. The fourth-order valence-corrected chi connectivity index (χ4v) is 6.13. The van der Waals surface area contributed by atoms with E-state index in [4.69, 9.17) is 43.4 Å². The molecule has 5 atom stereocenters. The number of aromatic nitrogens is 2. The minimum Gasteiger partial charge on any atom is -0.461 e. The highest BCUT2D eigenvalue weighted by Gasteiger charge is 2.52. The largest absolute Gasteiger partial charge is 0.530 e. The van der Waals surface area contributed by atoms with E-state index in [-0.39, 0.29) is 50.8 Å². The maximum atomic E-state index is 14.4. The van der Waals surface area contributed by atoms with Gasteiger partial charge in [-0.2, -0.15) is 0 Å². The summed E-state index contributed by atoms with van der Waals surface area (Å²) in [4.78, 5) is 51.6. The fourth-order valence-electron chi connectivity index (χ4n) is 4.75. The number of ether oxygens (including phenoxy) is 6. The lowest BCUT2D eigenvalue weighted by Gasteiger charge is -2.28. The highest BCUT2D eigenvalue weighted by molar-refractivity contribution is 7.49. The molecule has 0 aliphatic carbocycles. The molecule has 272 valence electrons. The third-order valence-corrected chi connectivity index (χ3v) is 8.57. The summed E-state index contributed by atoms with van der Waals surface area (Å²) in [5.74, 6) is -1.42. The van der Waals surface area contributed by atoms with E-state index in [1.54, 1.807) is 44.4 Å². The van der Waals surface area contributed by atoms with E-state index in [0.717, 1.165) is 10.6 Å². The molecule has 1 fully saturated rings. The van der Waals surface area contributed by atoms with Gasteiger partial charge in [0.05, 0.1) is 51.3 Å². The molecular formula is C33H41N2O14P. The zero-order valence-corrected chi connectivity index (χ0v) is 28.5. The van der Waals surface area contributed by atoms with Crippen LogP contribution in [-0.2, 0) is 53.4 Å². The number of esters is 2. The summed E-state index contributed by atoms with van der Waals surface area (Å²) < 4.78 is 73.0. The lowest BCUT2D eigenvalue weighted by atomic mass is 10.1. The number of carbonyl (C=O) groups is 2. The van der Waals surface area contributed by atoms with E-state index in [1.807, 2.05) is 0 Å². The van der Waals surface area contributed by atoms with Gasteiger partial charge in [-0.3, -0.25) is 28.2 Å². The molecule has 3 unspecified atom stereocenters. The average Bonchev–Trinajstić information content (AvgIpc) is 3.46. The number of hydrogen-bond donors (Lipinski definition) is 1. The van der Waals surface area contributed by atoms with Gasteiger partial charge in [0.2, 0.25) is 0 Å². The van der Waals surface area contributed by atoms with Crippen molar-refractivity contribution in [1.29, 1.82) is 0 Å². The number of aromatic amines is 1. The van der Waals surface area contributed by atoms with Crippen LogP contribution in [0.4, 0.5) is 0 Å². The number of nitrogens with one attached hydrogen (secondary N) is 1. The summed E-state index contributed by atoms with van der Waals surface area (Å²) in [5.41, 5.74) is -0.727. The van der Waals surface area contributed by atoms with Gasteiger partial charge in [0.1, 0.15) is 18.5 Å². The standard InChI is InChI=1S/C33H41N2O14P/c1-4-27-29(30(47-32(38)25-8-6-5-7-9-25)31(46-27)35-15-14-28(37)34-33(35)39)49-50(40,45-21-20-43-19-18-42-17-16-41-3)48-26-12-10-24(11-13-26)22-44-23(2)36/h5-15,27,29-31H,4,16-22H2,1-3H3,(H,34,37,39)/t27-,29?,30?,31-,50?/m1/s1/i2D. The first-order chi connectivity index (χ1) is 24.7. The van der Waals surface area contributed by atoms with Crippen LogP contribution >= 0.6 is 7.82 Å². The zero-order chi connectivity index (χ0) is 36.6. The number of carbonyl (C=O) groups excluding carboxylic acids is 2. The molecule has 0 radical (unpaired) electrons. The van der Waals surface area contributed by atoms with E-state index in [1.165, 1.54) is 30.5 Å². The summed E-state index contributed by atoms with van der Waals surface area (Å²) >= 11 is 0. The van der Waals surface area contributed by atoms with E-state index in [0.29, 0.717) is 18.8 Å². The number of phosphoric ester groups is 1. The van der Waals surface area contributed by atoms with E-state index >= 15 is 0 Å². The summed E-state index contributed by atoms with van der Waals surface area (Å²) in [6.07, 6.45) is -3.47. The second-order valence-corrected chi connectivity index (χ2v) is 12.2. The molecule has 1 aliphatic rings. The Hall–Kier alpha value is -4.15. The topological polar surface area (TPSA) is 189 Å². The third-order valence-electron chi connectivity index (χ3n) is 7.14. The Balaban J connectivity index is 1.59. The Labute approximate surface area is 289 Å². The van der Waals surface area contributed by atoms with Gasteiger partial charge in [0.25, 0.3) is 5.56 Å². The van der Waals surface area contributed by atoms with Crippen LogP contribution in [0.5, 0.6) is 5.75 Å². The van der Waals surface area contributed by atoms with Crippen LogP contribution in [0.3, 0.4) is 0 Å². The number of hydrogen-bond acceptors (Lipinski definition) is 14. The van der Waals surface area contributed by atoms with E-state index in [9.17, 15) is 23.7 Å². The molecular weight excluding hydrogens is 679 g/mol. The van der Waals surface area contributed by atoms with Crippen LogP contribution in [0.15, 0.2) is 76.4 Å². The van der Waals surface area contributed by atoms with Crippen molar-refractivity contribution in [3.05, 3.63) is 98.8 Å². The quantitative estimate of drug-likeness (QED) is 0.102. The molecule has 1 saturated heterocycles. The first kappa shape index (κ1) is 37.1. The van der Waals surface area contributed by atoms with Crippen molar-refractivity contribution < 1.29 is 57.5 Å². The van der Waals surface area contributed by atoms with Gasteiger partial charge in [-0.1, -0.05) is 37.3 Å². The molecule has 0 amide bonds. The first-order valence-electron chi connectivity index (χ1n) is 16.4. The molecule has 1 N–H and O–H groups in total. The first-order valence-corrected chi connectivity index (χ1v) is 17.2. The van der Waals surface area contributed by atoms with Crippen LogP contribution in [-0.4, -0.2) is 86.6 Å². The van der Waals surface area contributed by atoms with Crippen LogP contribution < -0.4 is 15.8 Å². The number of H-pyrrole nitrogens is 1. The molecule has 1 aromatic heterocycles. The highest BCUT2D eigenvalue weighted by Crippen LogP contribution is 2.53. The van der Waals surface area contributed by atoms with Gasteiger partial charge < -0.3 is 32.9 Å². The van der Waals surface area contributed by atoms with Crippen LogP contribution in [0.2, 0.25) is 0 Å². The smallest absolute Gasteiger partial charge is 0.461 e. The molecule has 16 nitrogen and oxygen atoms in total. The Bertz CT molecular complexity index is 1700. The number of phosphoric acid groups is 1. The molecule has 17 heteroatoms. The fraction of sp³-hybridized carbons (Fsp3) is 0.455. The maximum Gasteiger partial charge on any atom is 0.530 e. The predicted molar refractivity (Wildman–Crippen MR) is 176 cm³/mol. The van der Waals surface area contributed by atoms with Crippen molar-refractivity contribution in [3.8, 4) is 5.75 Å². The van der Waals surface area contributed by atoms with Gasteiger partial charge >= 0.3 is 25.5 Å². The minimum absolute atomic E-state index is 0.0230. The van der Waals surface area contributed by atoms with Crippen LogP contribution in [0, 0.1) is 0 Å². The van der Waals surface area contributed by atoms with Gasteiger partial charge in [-0.15, -0.1) is 0 Å². The molecule has 4 rings (SSSR count). The normalized spacial score (nSPS) is 20.1. The van der Waals surface area contributed by atoms with Gasteiger partial charge in [0, 0.05) is 27.6 Å². The van der Waals surface area contributed by atoms with Crippen molar-refractivity contribution >= 4 is 19.8 Å². The minimum atomic E-state index is -4.61. The molecule has 2 heterocycles. The van der Waals surface area contributed by atoms with Gasteiger partial charge in [0.15, 0.2) is 12.3 Å². The molecule has 50 heavy (non-hydrogen) atoms. The second kappa shape index (κ2) is 19.3. The lowest BCUT2D eigenvalue weighted by Crippen LogP contribution is -2.41. The second-order valence-electron chi connectivity index (χ2n) is 10.7. The number of methoxy groups -OCH3 is 1. The van der Waals surface area contributed by atoms with E-state index < -0.39 is 62.4 Å². The van der Waals surface area contributed by atoms with Crippen LogP contribution in [0.1, 0.15) is 43.8 Å². The van der Waals surface area contributed by atoms with Crippen molar-refractivity contribution in [1.82, 2.24) is 9.55 Å². The summed E-state index contributed by atoms with van der Waals surface area (Å²) in [6.45, 7) is 2.19. The van der Waals surface area contributed by atoms with Gasteiger partial charge in [-0.25, -0.2) is 14.2 Å². The van der Waals surface area contributed by atoms with Crippen LogP contribution in [0.25, 0.3) is 0 Å². The van der Waals surface area contributed by atoms with Crippen molar-refractivity contribution in [2.45, 2.75) is 51.4 Å². The molecule has 3 aromatic rings. The number of benzene rings is 2. The Morgan fingerprint density at radius 3 is 2.30 bits per heavy atom.